The van der Waals surface area contributed by atoms with E-state index in [1.807, 2.05) is 12.3 Å². The Labute approximate surface area is 84.5 Å². The lowest BCUT2D eigenvalue weighted by molar-refractivity contribution is 0.406. The lowest BCUT2D eigenvalue weighted by atomic mass is 10.1. The summed E-state index contributed by atoms with van der Waals surface area (Å²) in [6.45, 7) is 1.15. The number of rotatable bonds is 3. The van der Waals surface area contributed by atoms with Crippen molar-refractivity contribution >= 4 is 0 Å². The van der Waals surface area contributed by atoms with E-state index in [9.17, 15) is 0 Å². The molecule has 1 unspecified atom stereocenters. The normalized spacial score (nSPS) is 21.1. The third-order valence-corrected chi connectivity index (χ3v) is 2.71. The lowest BCUT2D eigenvalue weighted by Crippen LogP contribution is -2.23. The van der Waals surface area contributed by atoms with Gasteiger partial charge in [0.05, 0.1) is 7.11 Å². The Morgan fingerprint density at radius 3 is 3.29 bits per heavy atom. The molecule has 1 aliphatic rings. The standard InChI is InChI=1S/C11H16N2O/c1-14-11-4-6-12-8-9(11)7-10-3-2-5-13-10/h4,6,8,10,13H,2-3,5,7H2,1H3. The van der Waals surface area contributed by atoms with Crippen LogP contribution in [-0.2, 0) is 6.42 Å². The Morgan fingerprint density at radius 2 is 2.57 bits per heavy atom. The quantitative estimate of drug-likeness (QED) is 0.785. The second-order valence-corrected chi connectivity index (χ2v) is 3.68. The lowest BCUT2D eigenvalue weighted by Gasteiger charge is -2.12. The van der Waals surface area contributed by atoms with E-state index in [-0.39, 0.29) is 0 Å². The number of nitrogens with zero attached hydrogens (tertiary/aromatic N) is 1. The van der Waals surface area contributed by atoms with Gasteiger partial charge >= 0.3 is 0 Å². The van der Waals surface area contributed by atoms with Crippen molar-refractivity contribution < 1.29 is 4.74 Å². The zero-order chi connectivity index (χ0) is 9.80. The van der Waals surface area contributed by atoms with Crippen molar-refractivity contribution in [2.24, 2.45) is 0 Å². The van der Waals surface area contributed by atoms with Gasteiger partial charge in [0, 0.05) is 24.0 Å². The van der Waals surface area contributed by atoms with Crippen LogP contribution in [0.3, 0.4) is 0 Å². The summed E-state index contributed by atoms with van der Waals surface area (Å²) in [4.78, 5) is 4.13. The van der Waals surface area contributed by atoms with Crippen LogP contribution in [0.4, 0.5) is 0 Å². The highest BCUT2D eigenvalue weighted by molar-refractivity contribution is 5.30. The second-order valence-electron chi connectivity index (χ2n) is 3.68. The highest BCUT2D eigenvalue weighted by Gasteiger charge is 2.16. The van der Waals surface area contributed by atoms with Crippen LogP contribution in [0.1, 0.15) is 18.4 Å². The first-order valence-electron chi connectivity index (χ1n) is 5.10. The van der Waals surface area contributed by atoms with Gasteiger partial charge in [-0.1, -0.05) is 0 Å². The zero-order valence-corrected chi connectivity index (χ0v) is 8.49. The van der Waals surface area contributed by atoms with Gasteiger partial charge in [-0.05, 0) is 31.9 Å². The molecule has 1 fully saturated rings. The summed E-state index contributed by atoms with van der Waals surface area (Å²) >= 11 is 0. The third-order valence-electron chi connectivity index (χ3n) is 2.71. The molecule has 1 aliphatic heterocycles. The van der Waals surface area contributed by atoms with E-state index >= 15 is 0 Å². The molecule has 2 heterocycles. The summed E-state index contributed by atoms with van der Waals surface area (Å²) in [6.07, 6.45) is 7.24. The average molecular weight is 192 g/mol. The van der Waals surface area contributed by atoms with Crippen LogP contribution in [-0.4, -0.2) is 24.7 Å². The minimum atomic E-state index is 0.605. The summed E-state index contributed by atoms with van der Waals surface area (Å²) in [5.41, 5.74) is 1.20. The Hall–Kier alpha value is -1.09. The van der Waals surface area contributed by atoms with Gasteiger partial charge in [0.15, 0.2) is 0 Å². The van der Waals surface area contributed by atoms with Gasteiger partial charge in [-0.25, -0.2) is 0 Å². The van der Waals surface area contributed by atoms with E-state index in [0.29, 0.717) is 6.04 Å². The Bertz CT molecular complexity index is 295. The van der Waals surface area contributed by atoms with Crippen molar-refractivity contribution in [3.05, 3.63) is 24.0 Å². The zero-order valence-electron chi connectivity index (χ0n) is 8.49. The highest BCUT2D eigenvalue weighted by Crippen LogP contribution is 2.20. The van der Waals surface area contributed by atoms with Gasteiger partial charge in [0.2, 0.25) is 0 Å². The maximum absolute atomic E-state index is 5.29. The summed E-state index contributed by atoms with van der Waals surface area (Å²) in [5, 5.41) is 3.47. The smallest absolute Gasteiger partial charge is 0.125 e. The van der Waals surface area contributed by atoms with E-state index in [2.05, 4.69) is 10.3 Å². The van der Waals surface area contributed by atoms with Crippen molar-refractivity contribution in [1.82, 2.24) is 10.3 Å². The minimum absolute atomic E-state index is 0.605. The van der Waals surface area contributed by atoms with E-state index < -0.39 is 0 Å². The van der Waals surface area contributed by atoms with Gasteiger partial charge in [0.1, 0.15) is 5.75 Å². The van der Waals surface area contributed by atoms with Gasteiger partial charge in [0.25, 0.3) is 0 Å². The van der Waals surface area contributed by atoms with E-state index in [1.54, 1.807) is 13.3 Å². The molecule has 1 N–H and O–H groups in total. The number of ether oxygens (including phenoxy) is 1. The van der Waals surface area contributed by atoms with Crippen molar-refractivity contribution in [3.8, 4) is 5.75 Å². The second kappa shape index (κ2) is 4.42. The molecule has 14 heavy (non-hydrogen) atoms. The predicted molar refractivity (Wildman–Crippen MR) is 55.5 cm³/mol. The fraction of sp³-hybridized carbons (Fsp3) is 0.545. The molecule has 0 radical (unpaired) electrons. The number of pyridine rings is 1. The first kappa shape index (κ1) is 9.46. The molecule has 3 heteroatoms. The molecule has 0 aliphatic carbocycles. The molecule has 0 spiro atoms. The number of methoxy groups -OCH3 is 1. The summed E-state index contributed by atoms with van der Waals surface area (Å²) in [5.74, 6) is 0.953. The SMILES string of the molecule is COc1ccncc1CC1CCCN1. The first-order valence-corrected chi connectivity index (χ1v) is 5.10. The highest BCUT2D eigenvalue weighted by atomic mass is 16.5. The predicted octanol–water partition coefficient (Wildman–Crippen LogP) is 1.38. The van der Waals surface area contributed by atoms with Crippen LogP contribution < -0.4 is 10.1 Å². The number of nitrogens with one attached hydrogen (secondary N) is 1. The van der Waals surface area contributed by atoms with E-state index in [1.165, 1.54) is 18.4 Å². The Balaban J connectivity index is 2.07. The van der Waals surface area contributed by atoms with Crippen molar-refractivity contribution in [2.45, 2.75) is 25.3 Å². The molecule has 0 bridgehead atoms. The molecule has 1 aromatic heterocycles. The van der Waals surface area contributed by atoms with Crippen LogP contribution in [0.25, 0.3) is 0 Å². The fourth-order valence-electron chi connectivity index (χ4n) is 1.96. The Kier molecular flexibility index (Phi) is 2.99. The molecule has 2 rings (SSSR count). The van der Waals surface area contributed by atoms with Crippen LogP contribution in [0, 0.1) is 0 Å². The largest absolute Gasteiger partial charge is 0.496 e. The number of hydrogen-bond acceptors (Lipinski definition) is 3. The molecule has 1 aromatic rings. The van der Waals surface area contributed by atoms with Gasteiger partial charge in [-0.15, -0.1) is 0 Å². The van der Waals surface area contributed by atoms with E-state index in [4.69, 9.17) is 4.74 Å². The van der Waals surface area contributed by atoms with Crippen molar-refractivity contribution in [2.75, 3.05) is 13.7 Å². The molecule has 3 nitrogen and oxygen atoms in total. The topological polar surface area (TPSA) is 34.1 Å². The van der Waals surface area contributed by atoms with Crippen molar-refractivity contribution in [1.29, 1.82) is 0 Å². The Morgan fingerprint density at radius 1 is 1.64 bits per heavy atom. The van der Waals surface area contributed by atoms with Gasteiger partial charge in [-0.2, -0.15) is 0 Å². The summed E-state index contributed by atoms with van der Waals surface area (Å²) < 4.78 is 5.29. The molecular weight excluding hydrogens is 176 g/mol. The number of aromatic nitrogens is 1. The average Bonchev–Trinajstić information content (AvgIpc) is 2.71. The van der Waals surface area contributed by atoms with Crippen LogP contribution in [0.15, 0.2) is 18.5 Å². The minimum Gasteiger partial charge on any atom is -0.496 e. The monoisotopic (exact) mass is 192 g/mol. The molecular formula is C11H16N2O. The fourth-order valence-corrected chi connectivity index (χ4v) is 1.96. The molecule has 76 valence electrons. The van der Waals surface area contributed by atoms with Crippen LogP contribution in [0.2, 0.25) is 0 Å². The third kappa shape index (κ3) is 2.04. The molecule has 0 amide bonds. The summed E-state index contributed by atoms with van der Waals surface area (Å²) in [6, 6.07) is 2.53. The van der Waals surface area contributed by atoms with Crippen LogP contribution >= 0.6 is 0 Å². The summed E-state index contributed by atoms with van der Waals surface area (Å²) in [7, 11) is 1.71. The van der Waals surface area contributed by atoms with Crippen molar-refractivity contribution in [3.63, 3.8) is 0 Å². The van der Waals surface area contributed by atoms with Gasteiger partial charge in [-0.3, -0.25) is 4.98 Å². The molecule has 1 atom stereocenters. The van der Waals surface area contributed by atoms with Crippen LogP contribution in [0.5, 0.6) is 5.75 Å². The first-order chi connectivity index (χ1) is 6.90. The van der Waals surface area contributed by atoms with Gasteiger partial charge < -0.3 is 10.1 Å². The molecule has 1 saturated heterocycles. The maximum atomic E-state index is 5.29. The molecule has 0 aromatic carbocycles. The van der Waals surface area contributed by atoms with E-state index in [0.717, 1.165) is 18.7 Å². The molecule has 0 saturated carbocycles. The number of hydrogen-bond donors (Lipinski definition) is 1. The maximum Gasteiger partial charge on any atom is 0.125 e.